The first-order valence-electron chi connectivity index (χ1n) is 6.38. The standard InChI is InChI=1S/C15H16FNO3/c1-10(4-6-12-3-2-8-20-12)17-14-7-5-11(15(18)19)9-13(14)16/h2-3,5,7-10,17H,4,6H2,1H3,(H,18,19). The Bertz CT molecular complexity index is 581. The van der Waals surface area contributed by atoms with Crippen molar-refractivity contribution in [2.45, 2.75) is 25.8 Å². The van der Waals surface area contributed by atoms with Crippen molar-refractivity contribution in [3.8, 4) is 0 Å². The number of hydrogen-bond acceptors (Lipinski definition) is 3. The summed E-state index contributed by atoms with van der Waals surface area (Å²) in [5.74, 6) is -0.809. The van der Waals surface area contributed by atoms with E-state index in [2.05, 4.69) is 5.32 Å². The molecule has 0 saturated carbocycles. The number of hydrogen-bond donors (Lipinski definition) is 2. The number of halogens is 1. The predicted octanol–water partition coefficient (Wildman–Crippen LogP) is 3.55. The van der Waals surface area contributed by atoms with Crippen molar-refractivity contribution in [3.63, 3.8) is 0 Å². The highest BCUT2D eigenvalue weighted by molar-refractivity contribution is 5.88. The van der Waals surface area contributed by atoms with Crippen LogP contribution < -0.4 is 5.32 Å². The summed E-state index contributed by atoms with van der Waals surface area (Å²) in [6, 6.07) is 7.62. The number of aromatic carboxylic acids is 1. The fourth-order valence-electron chi connectivity index (χ4n) is 1.92. The third-order valence-electron chi connectivity index (χ3n) is 3.02. The minimum atomic E-state index is -1.14. The summed E-state index contributed by atoms with van der Waals surface area (Å²) in [5, 5.41) is 11.8. The van der Waals surface area contributed by atoms with E-state index in [1.807, 2.05) is 19.1 Å². The van der Waals surface area contributed by atoms with Crippen LogP contribution in [0.3, 0.4) is 0 Å². The predicted molar refractivity (Wildman–Crippen MR) is 73.5 cm³/mol. The molecule has 2 rings (SSSR count). The van der Waals surface area contributed by atoms with Crippen molar-refractivity contribution in [1.82, 2.24) is 0 Å². The Kier molecular flexibility index (Phi) is 4.40. The molecule has 0 fully saturated rings. The number of anilines is 1. The van der Waals surface area contributed by atoms with Crippen molar-refractivity contribution in [2.24, 2.45) is 0 Å². The van der Waals surface area contributed by atoms with Crippen LogP contribution >= 0.6 is 0 Å². The maximum Gasteiger partial charge on any atom is 0.335 e. The van der Waals surface area contributed by atoms with E-state index in [1.165, 1.54) is 12.1 Å². The second kappa shape index (κ2) is 6.23. The van der Waals surface area contributed by atoms with Crippen LogP contribution in [0, 0.1) is 5.82 Å². The van der Waals surface area contributed by atoms with Crippen molar-refractivity contribution in [3.05, 3.63) is 53.7 Å². The Balaban J connectivity index is 1.93. The van der Waals surface area contributed by atoms with Crippen molar-refractivity contribution in [2.75, 3.05) is 5.32 Å². The van der Waals surface area contributed by atoms with Gasteiger partial charge in [0.15, 0.2) is 0 Å². The lowest BCUT2D eigenvalue weighted by Crippen LogP contribution is -2.17. The second-order valence-corrected chi connectivity index (χ2v) is 4.66. The molecule has 1 aromatic heterocycles. The third kappa shape index (κ3) is 3.60. The molecule has 0 saturated heterocycles. The van der Waals surface area contributed by atoms with Gasteiger partial charge >= 0.3 is 5.97 Å². The largest absolute Gasteiger partial charge is 0.478 e. The van der Waals surface area contributed by atoms with E-state index >= 15 is 0 Å². The first-order valence-corrected chi connectivity index (χ1v) is 6.38. The van der Waals surface area contributed by atoms with Gasteiger partial charge in [0.1, 0.15) is 11.6 Å². The van der Waals surface area contributed by atoms with Gasteiger partial charge < -0.3 is 14.8 Å². The molecule has 5 heteroatoms. The van der Waals surface area contributed by atoms with Gasteiger partial charge in [0.25, 0.3) is 0 Å². The number of carboxylic acid groups (broad SMARTS) is 1. The van der Waals surface area contributed by atoms with Gasteiger partial charge in [-0.3, -0.25) is 0 Å². The number of carbonyl (C=O) groups is 1. The fourth-order valence-corrected chi connectivity index (χ4v) is 1.92. The zero-order valence-corrected chi connectivity index (χ0v) is 11.1. The van der Waals surface area contributed by atoms with E-state index in [1.54, 1.807) is 6.26 Å². The SMILES string of the molecule is CC(CCc1ccco1)Nc1ccc(C(=O)O)cc1F. The molecule has 0 radical (unpaired) electrons. The molecular weight excluding hydrogens is 261 g/mol. The molecule has 1 unspecified atom stereocenters. The molecule has 0 bridgehead atoms. The molecule has 2 N–H and O–H groups in total. The van der Waals surface area contributed by atoms with Crippen LogP contribution in [-0.4, -0.2) is 17.1 Å². The first kappa shape index (κ1) is 14.1. The van der Waals surface area contributed by atoms with Crippen LogP contribution in [-0.2, 0) is 6.42 Å². The van der Waals surface area contributed by atoms with Crippen LogP contribution in [0.4, 0.5) is 10.1 Å². The summed E-state index contributed by atoms with van der Waals surface area (Å²) in [5.41, 5.74) is 0.248. The molecular formula is C15H16FNO3. The van der Waals surface area contributed by atoms with Crippen LogP contribution in [0.5, 0.6) is 0 Å². The average molecular weight is 277 g/mol. The zero-order valence-electron chi connectivity index (χ0n) is 11.1. The zero-order chi connectivity index (χ0) is 14.5. The van der Waals surface area contributed by atoms with E-state index in [-0.39, 0.29) is 11.6 Å². The van der Waals surface area contributed by atoms with Crippen LogP contribution in [0.25, 0.3) is 0 Å². The second-order valence-electron chi connectivity index (χ2n) is 4.66. The van der Waals surface area contributed by atoms with Crippen LogP contribution in [0.2, 0.25) is 0 Å². The Labute approximate surface area is 116 Å². The minimum absolute atomic E-state index is 0.0466. The molecule has 20 heavy (non-hydrogen) atoms. The van der Waals surface area contributed by atoms with Gasteiger partial charge in [-0.2, -0.15) is 0 Å². The average Bonchev–Trinajstić information content (AvgIpc) is 2.91. The van der Waals surface area contributed by atoms with Crippen molar-refractivity contribution >= 4 is 11.7 Å². The van der Waals surface area contributed by atoms with E-state index in [4.69, 9.17) is 9.52 Å². The van der Waals surface area contributed by atoms with Gasteiger partial charge in [0.2, 0.25) is 0 Å². The summed E-state index contributed by atoms with van der Waals surface area (Å²) in [6.07, 6.45) is 3.17. The van der Waals surface area contributed by atoms with Crippen molar-refractivity contribution in [1.29, 1.82) is 0 Å². The Hall–Kier alpha value is -2.30. The van der Waals surface area contributed by atoms with Gasteiger partial charge in [-0.05, 0) is 43.7 Å². The van der Waals surface area contributed by atoms with Gasteiger partial charge in [0, 0.05) is 12.5 Å². The lowest BCUT2D eigenvalue weighted by molar-refractivity contribution is 0.0696. The van der Waals surface area contributed by atoms with Crippen LogP contribution in [0.1, 0.15) is 29.5 Å². The summed E-state index contributed by atoms with van der Waals surface area (Å²) in [4.78, 5) is 10.7. The monoisotopic (exact) mass is 277 g/mol. The Morgan fingerprint density at radius 1 is 1.45 bits per heavy atom. The summed E-state index contributed by atoms with van der Waals surface area (Å²) >= 11 is 0. The first-order chi connectivity index (χ1) is 9.56. The summed E-state index contributed by atoms with van der Waals surface area (Å²) < 4.78 is 19.0. The van der Waals surface area contributed by atoms with Crippen molar-refractivity contribution < 1.29 is 18.7 Å². The third-order valence-corrected chi connectivity index (χ3v) is 3.02. The Morgan fingerprint density at radius 2 is 2.25 bits per heavy atom. The van der Waals surface area contributed by atoms with Gasteiger partial charge in [0.05, 0.1) is 17.5 Å². The topological polar surface area (TPSA) is 62.5 Å². The lowest BCUT2D eigenvalue weighted by atomic mass is 10.1. The molecule has 1 atom stereocenters. The normalized spacial score (nSPS) is 12.1. The number of rotatable bonds is 6. The highest BCUT2D eigenvalue weighted by atomic mass is 19.1. The number of benzene rings is 1. The van der Waals surface area contributed by atoms with Crippen LogP contribution in [0.15, 0.2) is 41.0 Å². The molecule has 0 aliphatic rings. The molecule has 106 valence electrons. The van der Waals surface area contributed by atoms with E-state index in [0.717, 1.165) is 24.7 Å². The summed E-state index contributed by atoms with van der Waals surface area (Å²) in [7, 11) is 0. The molecule has 0 spiro atoms. The molecule has 0 amide bonds. The smallest absolute Gasteiger partial charge is 0.335 e. The van der Waals surface area contributed by atoms with Gasteiger partial charge in [-0.15, -0.1) is 0 Å². The highest BCUT2D eigenvalue weighted by Gasteiger charge is 2.10. The van der Waals surface area contributed by atoms with E-state index in [0.29, 0.717) is 5.69 Å². The van der Waals surface area contributed by atoms with E-state index < -0.39 is 11.8 Å². The molecule has 1 aromatic carbocycles. The highest BCUT2D eigenvalue weighted by Crippen LogP contribution is 2.18. The number of nitrogens with one attached hydrogen (secondary N) is 1. The quantitative estimate of drug-likeness (QED) is 0.847. The summed E-state index contributed by atoms with van der Waals surface area (Å²) in [6.45, 7) is 1.94. The molecule has 2 aromatic rings. The maximum absolute atomic E-state index is 13.7. The maximum atomic E-state index is 13.7. The van der Waals surface area contributed by atoms with Gasteiger partial charge in [-0.1, -0.05) is 0 Å². The van der Waals surface area contributed by atoms with Gasteiger partial charge in [-0.25, -0.2) is 9.18 Å². The fraction of sp³-hybridized carbons (Fsp3) is 0.267. The lowest BCUT2D eigenvalue weighted by Gasteiger charge is -2.15. The number of aryl methyl sites for hydroxylation is 1. The molecule has 0 aliphatic carbocycles. The minimum Gasteiger partial charge on any atom is -0.478 e. The molecule has 4 nitrogen and oxygen atoms in total. The molecule has 1 heterocycles. The van der Waals surface area contributed by atoms with E-state index in [9.17, 15) is 9.18 Å². The number of furan rings is 1. The Morgan fingerprint density at radius 3 is 2.85 bits per heavy atom. The molecule has 0 aliphatic heterocycles. The number of carboxylic acids is 1.